The molecule has 0 atom stereocenters. The molecule has 4 rings (SSSR count). The van der Waals surface area contributed by atoms with Crippen LogP contribution in [0.15, 0.2) is 71.7 Å². The van der Waals surface area contributed by atoms with Crippen molar-refractivity contribution in [3.05, 3.63) is 83.3 Å². The van der Waals surface area contributed by atoms with Gasteiger partial charge in [-0.15, -0.1) is 11.3 Å². The molecule has 0 radical (unpaired) electrons. The van der Waals surface area contributed by atoms with Crippen molar-refractivity contribution in [3.8, 4) is 11.3 Å². The number of nitrogens with zero attached hydrogens (tertiary/aromatic N) is 5. The van der Waals surface area contributed by atoms with Gasteiger partial charge in [0.25, 0.3) is 0 Å². The Kier molecular flexibility index (Phi) is 5.25. The van der Waals surface area contributed by atoms with Gasteiger partial charge in [0, 0.05) is 10.9 Å². The van der Waals surface area contributed by atoms with Gasteiger partial charge in [0.2, 0.25) is 5.13 Å². The number of thiazole rings is 1. The van der Waals surface area contributed by atoms with Gasteiger partial charge in [-0.3, -0.25) is 5.43 Å². The second-order valence-corrected chi connectivity index (χ2v) is 7.39. The Labute approximate surface area is 167 Å². The van der Waals surface area contributed by atoms with Crippen molar-refractivity contribution in [2.75, 3.05) is 5.43 Å². The summed E-state index contributed by atoms with van der Waals surface area (Å²) in [5, 5.41) is 11.6. The van der Waals surface area contributed by atoms with Gasteiger partial charge < -0.3 is 0 Å². The smallest absolute Gasteiger partial charge is 0.203 e. The van der Waals surface area contributed by atoms with E-state index in [0.29, 0.717) is 6.54 Å². The highest BCUT2D eigenvalue weighted by Gasteiger charge is 2.08. The Hall–Kier alpha value is -3.32. The van der Waals surface area contributed by atoms with E-state index in [0.717, 1.165) is 27.7 Å². The zero-order chi connectivity index (χ0) is 19.3. The fraction of sp³-hybridized carbons (Fsp3) is 0.143. The summed E-state index contributed by atoms with van der Waals surface area (Å²) in [6, 6.07) is 16.6. The van der Waals surface area contributed by atoms with Gasteiger partial charge in [0.15, 0.2) is 0 Å². The highest BCUT2D eigenvalue weighted by Crippen LogP contribution is 2.25. The standard InChI is InChI=1S/C21H20N6S/c1-15-3-7-17(8-4-15)19(11-27-14-22-13-23-27)25-26-21-24-20(12-28-21)18-9-5-16(2)6-10-18/h3-10,12-14H,11H2,1-2H3,(H,24,26)/b25-19-. The fourth-order valence-corrected chi connectivity index (χ4v) is 3.36. The monoisotopic (exact) mass is 388 g/mol. The zero-order valence-corrected chi connectivity index (χ0v) is 16.5. The molecule has 0 saturated carbocycles. The molecular formula is C21H20N6S. The van der Waals surface area contributed by atoms with Crippen molar-refractivity contribution < 1.29 is 0 Å². The first-order chi connectivity index (χ1) is 13.7. The number of nitrogens with one attached hydrogen (secondary N) is 1. The first kappa shape index (κ1) is 18.1. The maximum atomic E-state index is 4.65. The average molecular weight is 389 g/mol. The summed E-state index contributed by atoms with van der Waals surface area (Å²) >= 11 is 1.53. The number of hydrogen-bond donors (Lipinski definition) is 1. The van der Waals surface area contributed by atoms with E-state index in [1.54, 1.807) is 11.0 Å². The Morgan fingerprint density at radius 2 is 1.75 bits per heavy atom. The number of anilines is 1. The van der Waals surface area contributed by atoms with Crippen molar-refractivity contribution >= 4 is 22.2 Å². The van der Waals surface area contributed by atoms with Crippen LogP contribution in [0.3, 0.4) is 0 Å². The molecule has 2 heterocycles. The molecule has 7 heteroatoms. The third-order valence-electron chi connectivity index (χ3n) is 4.30. The zero-order valence-electron chi connectivity index (χ0n) is 15.7. The molecule has 0 unspecified atom stereocenters. The van der Waals surface area contributed by atoms with Crippen LogP contribution in [-0.2, 0) is 6.54 Å². The van der Waals surface area contributed by atoms with Gasteiger partial charge in [0.05, 0.1) is 18.0 Å². The van der Waals surface area contributed by atoms with Gasteiger partial charge >= 0.3 is 0 Å². The third-order valence-corrected chi connectivity index (χ3v) is 5.05. The minimum absolute atomic E-state index is 0.520. The molecule has 6 nitrogen and oxygen atoms in total. The van der Waals surface area contributed by atoms with Crippen molar-refractivity contribution in [2.24, 2.45) is 5.10 Å². The summed E-state index contributed by atoms with van der Waals surface area (Å²) in [7, 11) is 0. The molecule has 0 fully saturated rings. The van der Waals surface area contributed by atoms with Crippen molar-refractivity contribution in [3.63, 3.8) is 0 Å². The van der Waals surface area contributed by atoms with Gasteiger partial charge in [-0.05, 0) is 19.4 Å². The quantitative estimate of drug-likeness (QED) is 0.389. The van der Waals surface area contributed by atoms with E-state index in [-0.39, 0.29) is 0 Å². The van der Waals surface area contributed by atoms with Crippen LogP contribution in [0.2, 0.25) is 0 Å². The summed E-state index contributed by atoms with van der Waals surface area (Å²) in [6.07, 6.45) is 3.21. The number of aryl methyl sites for hydroxylation is 2. The lowest BCUT2D eigenvalue weighted by atomic mass is 10.1. The maximum Gasteiger partial charge on any atom is 0.203 e. The van der Waals surface area contributed by atoms with E-state index in [4.69, 9.17) is 0 Å². The predicted octanol–water partition coefficient (Wildman–Crippen LogP) is 4.53. The van der Waals surface area contributed by atoms with Crippen LogP contribution < -0.4 is 5.43 Å². The van der Waals surface area contributed by atoms with Crippen LogP contribution in [0.4, 0.5) is 5.13 Å². The summed E-state index contributed by atoms with van der Waals surface area (Å²) < 4.78 is 1.75. The highest BCUT2D eigenvalue weighted by molar-refractivity contribution is 7.14. The van der Waals surface area contributed by atoms with E-state index in [1.165, 1.54) is 28.8 Å². The molecule has 0 aliphatic rings. The summed E-state index contributed by atoms with van der Waals surface area (Å²) in [6.45, 7) is 4.67. The van der Waals surface area contributed by atoms with Crippen LogP contribution in [0.1, 0.15) is 16.7 Å². The van der Waals surface area contributed by atoms with Crippen LogP contribution in [-0.4, -0.2) is 25.5 Å². The molecule has 0 saturated heterocycles. The van der Waals surface area contributed by atoms with Crippen LogP contribution >= 0.6 is 11.3 Å². The third kappa shape index (κ3) is 4.32. The molecule has 1 N–H and O–H groups in total. The summed E-state index contributed by atoms with van der Waals surface area (Å²) in [5.74, 6) is 0. The van der Waals surface area contributed by atoms with Crippen molar-refractivity contribution in [2.45, 2.75) is 20.4 Å². The lowest BCUT2D eigenvalue weighted by molar-refractivity contribution is 0.721. The van der Waals surface area contributed by atoms with Crippen LogP contribution in [0.5, 0.6) is 0 Å². The van der Waals surface area contributed by atoms with Crippen molar-refractivity contribution in [1.29, 1.82) is 0 Å². The van der Waals surface area contributed by atoms with Gasteiger partial charge in [-0.1, -0.05) is 59.7 Å². The van der Waals surface area contributed by atoms with E-state index < -0.39 is 0 Å². The Morgan fingerprint density at radius 3 is 2.43 bits per heavy atom. The van der Waals surface area contributed by atoms with Gasteiger partial charge in [0.1, 0.15) is 12.7 Å². The molecule has 0 amide bonds. The molecule has 28 heavy (non-hydrogen) atoms. The number of hydrogen-bond acceptors (Lipinski definition) is 6. The normalized spacial score (nSPS) is 11.6. The number of aromatic nitrogens is 4. The second kappa shape index (κ2) is 8.14. The van der Waals surface area contributed by atoms with E-state index in [1.807, 2.05) is 5.38 Å². The lowest BCUT2D eigenvalue weighted by Crippen LogP contribution is -2.14. The molecular weight excluding hydrogens is 368 g/mol. The molecule has 0 spiro atoms. The Bertz CT molecular complexity index is 1060. The second-order valence-electron chi connectivity index (χ2n) is 6.53. The number of rotatable bonds is 6. The molecule has 4 aromatic rings. The Morgan fingerprint density at radius 1 is 1.04 bits per heavy atom. The molecule has 140 valence electrons. The summed E-state index contributed by atoms with van der Waals surface area (Å²) in [5.41, 5.74) is 9.48. The van der Waals surface area contributed by atoms with E-state index in [2.05, 4.69) is 88.0 Å². The van der Waals surface area contributed by atoms with Crippen molar-refractivity contribution in [1.82, 2.24) is 19.7 Å². The first-order valence-electron chi connectivity index (χ1n) is 8.92. The minimum Gasteiger partial charge on any atom is -0.252 e. The Balaban J connectivity index is 1.56. The average Bonchev–Trinajstić information content (AvgIpc) is 3.38. The summed E-state index contributed by atoms with van der Waals surface area (Å²) in [4.78, 5) is 8.66. The lowest BCUT2D eigenvalue weighted by Gasteiger charge is -2.07. The van der Waals surface area contributed by atoms with Gasteiger partial charge in [-0.25, -0.2) is 14.6 Å². The van der Waals surface area contributed by atoms with Crippen LogP contribution in [0.25, 0.3) is 11.3 Å². The van der Waals surface area contributed by atoms with E-state index >= 15 is 0 Å². The predicted molar refractivity (Wildman–Crippen MR) is 114 cm³/mol. The maximum absolute atomic E-state index is 4.65. The molecule has 2 aromatic heterocycles. The first-order valence-corrected chi connectivity index (χ1v) is 9.80. The highest BCUT2D eigenvalue weighted by atomic mass is 32.1. The largest absolute Gasteiger partial charge is 0.252 e. The topological polar surface area (TPSA) is 68.0 Å². The van der Waals surface area contributed by atoms with Gasteiger partial charge in [-0.2, -0.15) is 10.2 Å². The van der Waals surface area contributed by atoms with Crippen LogP contribution in [0, 0.1) is 13.8 Å². The molecule has 0 aliphatic carbocycles. The number of hydrazone groups is 1. The molecule has 0 aliphatic heterocycles. The minimum atomic E-state index is 0.520. The van der Waals surface area contributed by atoms with E-state index in [9.17, 15) is 0 Å². The fourth-order valence-electron chi connectivity index (χ4n) is 2.70. The molecule has 2 aromatic carbocycles. The molecule has 0 bridgehead atoms. The SMILES string of the molecule is Cc1ccc(/C(Cn2cncn2)=N\Nc2nc(-c3ccc(C)cc3)cs2)cc1. The number of benzene rings is 2.